The van der Waals surface area contributed by atoms with Gasteiger partial charge < -0.3 is 4.74 Å². The molecule has 0 amide bonds. The molecule has 1 aromatic carbocycles. The standard InChI is InChI=1S/C16H23F2NO2/c1-6-9(2)15(16(20)21-5)19-11(4)12-8-13(17)10(3)7-14(12)18/h7-9,11,15,19H,6H2,1-5H3. The van der Waals surface area contributed by atoms with E-state index in [1.54, 1.807) is 6.92 Å². The van der Waals surface area contributed by atoms with E-state index < -0.39 is 29.7 Å². The number of nitrogens with one attached hydrogen (secondary N) is 1. The number of carbonyl (C=O) groups is 1. The van der Waals surface area contributed by atoms with Gasteiger partial charge in [0.25, 0.3) is 0 Å². The lowest BCUT2D eigenvalue weighted by molar-refractivity contribution is -0.144. The minimum Gasteiger partial charge on any atom is -0.468 e. The van der Waals surface area contributed by atoms with E-state index in [4.69, 9.17) is 4.74 Å². The predicted octanol–water partition coefficient (Wildman–Crippen LogP) is 3.51. The fourth-order valence-corrected chi connectivity index (χ4v) is 2.18. The number of benzene rings is 1. The fourth-order valence-electron chi connectivity index (χ4n) is 2.18. The molecule has 0 aliphatic carbocycles. The molecular formula is C16H23F2NO2. The number of esters is 1. The van der Waals surface area contributed by atoms with Crippen LogP contribution in [0.3, 0.4) is 0 Å². The summed E-state index contributed by atoms with van der Waals surface area (Å²) in [5.74, 6) is -1.32. The normalized spacial score (nSPS) is 15.4. The van der Waals surface area contributed by atoms with Crippen molar-refractivity contribution in [1.82, 2.24) is 5.32 Å². The van der Waals surface area contributed by atoms with Crippen LogP contribution in [-0.2, 0) is 9.53 Å². The van der Waals surface area contributed by atoms with E-state index >= 15 is 0 Å². The zero-order chi connectivity index (χ0) is 16.2. The Labute approximate surface area is 124 Å². The summed E-state index contributed by atoms with van der Waals surface area (Å²) in [4.78, 5) is 11.8. The Kier molecular flexibility index (Phi) is 6.27. The molecule has 0 bridgehead atoms. The molecule has 1 N–H and O–H groups in total. The molecule has 3 atom stereocenters. The van der Waals surface area contributed by atoms with Gasteiger partial charge in [-0.15, -0.1) is 0 Å². The van der Waals surface area contributed by atoms with Crippen molar-refractivity contribution in [2.75, 3.05) is 7.11 Å². The molecule has 0 saturated heterocycles. The Balaban J connectivity index is 2.99. The van der Waals surface area contributed by atoms with E-state index in [-0.39, 0.29) is 17.0 Å². The first kappa shape index (κ1) is 17.6. The topological polar surface area (TPSA) is 38.3 Å². The van der Waals surface area contributed by atoms with E-state index in [1.807, 2.05) is 13.8 Å². The molecule has 0 heterocycles. The van der Waals surface area contributed by atoms with Gasteiger partial charge in [0.1, 0.15) is 17.7 Å². The van der Waals surface area contributed by atoms with Crippen molar-refractivity contribution in [2.24, 2.45) is 5.92 Å². The lowest BCUT2D eigenvalue weighted by atomic mass is 9.96. The number of methoxy groups -OCH3 is 1. The molecule has 118 valence electrons. The first-order valence-corrected chi connectivity index (χ1v) is 7.11. The van der Waals surface area contributed by atoms with Gasteiger partial charge in [-0.3, -0.25) is 10.1 Å². The van der Waals surface area contributed by atoms with Crippen LogP contribution in [0.15, 0.2) is 12.1 Å². The number of halogens is 2. The van der Waals surface area contributed by atoms with Crippen molar-refractivity contribution < 1.29 is 18.3 Å². The molecule has 21 heavy (non-hydrogen) atoms. The molecule has 5 heteroatoms. The Morgan fingerprint density at radius 1 is 1.29 bits per heavy atom. The first-order chi connectivity index (χ1) is 9.81. The van der Waals surface area contributed by atoms with E-state index in [2.05, 4.69) is 5.32 Å². The smallest absolute Gasteiger partial charge is 0.323 e. The average Bonchev–Trinajstić information content (AvgIpc) is 2.46. The second-order valence-electron chi connectivity index (χ2n) is 5.40. The number of aryl methyl sites for hydroxylation is 1. The number of rotatable bonds is 6. The Hall–Kier alpha value is -1.49. The highest BCUT2D eigenvalue weighted by Gasteiger charge is 2.27. The number of hydrogen-bond acceptors (Lipinski definition) is 3. The van der Waals surface area contributed by atoms with E-state index in [9.17, 15) is 13.6 Å². The van der Waals surface area contributed by atoms with Crippen molar-refractivity contribution in [3.8, 4) is 0 Å². The van der Waals surface area contributed by atoms with Crippen molar-refractivity contribution in [3.05, 3.63) is 34.9 Å². The molecular weight excluding hydrogens is 276 g/mol. The lowest BCUT2D eigenvalue weighted by Gasteiger charge is -2.26. The first-order valence-electron chi connectivity index (χ1n) is 7.11. The highest BCUT2D eigenvalue weighted by atomic mass is 19.1. The maximum Gasteiger partial charge on any atom is 0.323 e. The highest BCUT2D eigenvalue weighted by Crippen LogP contribution is 2.22. The van der Waals surface area contributed by atoms with E-state index in [0.717, 1.165) is 6.42 Å². The minimum atomic E-state index is -0.557. The summed E-state index contributed by atoms with van der Waals surface area (Å²) in [6.45, 7) is 7.08. The van der Waals surface area contributed by atoms with Gasteiger partial charge in [0.2, 0.25) is 0 Å². The Morgan fingerprint density at radius 2 is 1.90 bits per heavy atom. The molecule has 1 aromatic rings. The molecule has 0 aliphatic rings. The van der Waals surface area contributed by atoms with Gasteiger partial charge in [0.15, 0.2) is 0 Å². The van der Waals surface area contributed by atoms with E-state index in [0.29, 0.717) is 0 Å². The molecule has 3 unspecified atom stereocenters. The maximum atomic E-state index is 14.0. The van der Waals surface area contributed by atoms with Crippen LogP contribution in [0.4, 0.5) is 8.78 Å². The van der Waals surface area contributed by atoms with Crippen LogP contribution in [0.25, 0.3) is 0 Å². The quantitative estimate of drug-likeness (QED) is 0.817. The average molecular weight is 299 g/mol. The Morgan fingerprint density at radius 3 is 2.43 bits per heavy atom. The zero-order valence-electron chi connectivity index (χ0n) is 13.2. The molecule has 1 rings (SSSR count). The van der Waals surface area contributed by atoms with Gasteiger partial charge in [-0.2, -0.15) is 0 Å². The van der Waals surface area contributed by atoms with Crippen molar-refractivity contribution >= 4 is 5.97 Å². The van der Waals surface area contributed by atoms with Gasteiger partial charge in [-0.1, -0.05) is 20.3 Å². The van der Waals surface area contributed by atoms with Crippen LogP contribution >= 0.6 is 0 Å². The molecule has 0 saturated carbocycles. The summed E-state index contributed by atoms with van der Waals surface area (Å²) in [6.07, 6.45) is 0.768. The third-order valence-electron chi connectivity index (χ3n) is 3.84. The number of carbonyl (C=O) groups excluding carboxylic acids is 1. The Bertz CT molecular complexity index is 505. The maximum absolute atomic E-state index is 14.0. The molecule has 0 spiro atoms. The summed E-state index contributed by atoms with van der Waals surface area (Å²) >= 11 is 0. The van der Waals surface area contributed by atoms with Crippen LogP contribution in [-0.4, -0.2) is 19.1 Å². The summed E-state index contributed by atoms with van der Waals surface area (Å²) in [5.41, 5.74) is 0.463. The summed E-state index contributed by atoms with van der Waals surface area (Å²) in [6, 6.07) is 1.28. The van der Waals surface area contributed by atoms with Gasteiger partial charge in [0.05, 0.1) is 7.11 Å². The molecule has 0 radical (unpaired) electrons. The summed E-state index contributed by atoms with van der Waals surface area (Å²) in [5, 5.41) is 3.04. The van der Waals surface area contributed by atoms with Crippen LogP contribution in [0.2, 0.25) is 0 Å². The molecule has 0 aliphatic heterocycles. The van der Waals surface area contributed by atoms with Crippen molar-refractivity contribution in [1.29, 1.82) is 0 Å². The van der Waals surface area contributed by atoms with E-state index in [1.165, 1.54) is 26.2 Å². The molecule has 0 aromatic heterocycles. The third kappa shape index (κ3) is 4.24. The second kappa shape index (κ2) is 7.50. The van der Waals surface area contributed by atoms with Crippen molar-refractivity contribution in [3.63, 3.8) is 0 Å². The SMILES string of the molecule is CCC(C)C(NC(C)c1cc(F)c(C)cc1F)C(=O)OC. The summed E-state index contributed by atoms with van der Waals surface area (Å²) in [7, 11) is 1.32. The highest BCUT2D eigenvalue weighted by molar-refractivity contribution is 5.76. The second-order valence-corrected chi connectivity index (χ2v) is 5.40. The van der Waals surface area contributed by atoms with Crippen LogP contribution in [0.5, 0.6) is 0 Å². The largest absolute Gasteiger partial charge is 0.468 e. The zero-order valence-corrected chi connectivity index (χ0v) is 13.2. The van der Waals surface area contributed by atoms with Gasteiger partial charge in [-0.05, 0) is 37.5 Å². The summed E-state index contributed by atoms with van der Waals surface area (Å²) < 4.78 is 32.4. The van der Waals surface area contributed by atoms with Gasteiger partial charge >= 0.3 is 5.97 Å². The number of ether oxygens (including phenoxy) is 1. The fraction of sp³-hybridized carbons (Fsp3) is 0.562. The van der Waals surface area contributed by atoms with Gasteiger partial charge in [0, 0.05) is 11.6 Å². The van der Waals surface area contributed by atoms with Crippen LogP contribution in [0.1, 0.15) is 44.4 Å². The predicted molar refractivity (Wildman–Crippen MR) is 77.9 cm³/mol. The monoisotopic (exact) mass is 299 g/mol. The van der Waals surface area contributed by atoms with Gasteiger partial charge in [-0.25, -0.2) is 8.78 Å². The van der Waals surface area contributed by atoms with Crippen LogP contribution < -0.4 is 5.32 Å². The molecule has 3 nitrogen and oxygen atoms in total. The lowest BCUT2D eigenvalue weighted by Crippen LogP contribution is -2.43. The van der Waals surface area contributed by atoms with Crippen molar-refractivity contribution in [2.45, 2.75) is 46.2 Å². The third-order valence-corrected chi connectivity index (χ3v) is 3.84. The molecule has 0 fully saturated rings. The van der Waals surface area contributed by atoms with Crippen LogP contribution in [0, 0.1) is 24.5 Å². The number of hydrogen-bond donors (Lipinski definition) is 1. The minimum absolute atomic E-state index is 0.0262.